The van der Waals surface area contributed by atoms with Gasteiger partial charge in [-0.2, -0.15) is 5.26 Å². The molecule has 0 spiro atoms. The van der Waals surface area contributed by atoms with Crippen molar-refractivity contribution in [1.82, 2.24) is 0 Å². The molecule has 2 aromatic rings. The van der Waals surface area contributed by atoms with Crippen LogP contribution in [0.5, 0.6) is 11.5 Å². The first-order valence-corrected chi connectivity index (χ1v) is 8.57. The van der Waals surface area contributed by atoms with E-state index in [0.29, 0.717) is 22.9 Å². The van der Waals surface area contributed by atoms with E-state index in [1.807, 2.05) is 6.07 Å². The van der Waals surface area contributed by atoms with Gasteiger partial charge >= 0.3 is 0 Å². The van der Waals surface area contributed by atoms with Gasteiger partial charge < -0.3 is 20.1 Å². The predicted octanol–water partition coefficient (Wildman–Crippen LogP) is 2.95. The second-order valence-electron chi connectivity index (χ2n) is 6.10. The van der Waals surface area contributed by atoms with Crippen molar-refractivity contribution >= 4 is 23.2 Å². The van der Waals surface area contributed by atoms with E-state index in [0.717, 1.165) is 12.8 Å². The minimum absolute atomic E-state index is 0.0170. The van der Waals surface area contributed by atoms with Crippen LogP contribution in [0.25, 0.3) is 0 Å². The van der Waals surface area contributed by atoms with Crippen molar-refractivity contribution in [2.45, 2.75) is 12.8 Å². The van der Waals surface area contributed by atoms with Gasteiger partial charge in [0.15, 0.2) is 13.2 Å². The summed E-state index contributed by atoms with van der Waals surface area (Å²) in [6, 6.07) is 15.6. The van der Waals surface area contributed by atoms with E-state index in [1.54, 1.807) is 48.5 Å². The summed E-state index contributed by atoms with van der Waals surface area (Å²) in [7, 11) is 0. The summed E-state index contributed by atoms with van der Waals surface area (Å²) in [6.07, 6.45) is 1.87. The highest BCUT2D eigenvalue weighted by Crippen LogP contribution is 2.30. The van der Waals surface area contributed by atoms with Gasteiger partial charge in [0.25, 0.3) is 5.91 Å². The number of nitrogens with zero attached hydrogens (tertiary/aromatic N) is 1. The van der Waals surface area contributed by atoms with E-state index in [-0.39, 0.29) is 30.9 Å². The molecule has 3 rings (SSSR count). The molecule has 0 atom stereocenters. The highest BCUT2D eigenvalue weighted by molar-refractivity contribution is 5.94. The Balaban J connectivity index is 1.50. The van der Waals surface area contributed by atoms with E-state index >= 15 is 0 Å². The van der Waals surface area contributed by atoms with Crippen LogP contribution >= 0.6 is 0 Å². The van der Waals surface area contributed by atoms with Gasteiger partial charge in [-0.1, -0.05) is 12.1 Å². The summed E-state index contributed by atoms with van der Waals surface area (Å²) >= 11 is 0. The lowest BCUT2D eigenvalue weighted by molar-refractivity contribution is -0.118. The van der Waals surface area contributed by atoms with Crippen LogP contribution in [0.4, 0.5) is 11.4 Å². The molecule has 1 saturated carbocycles. The largest absolute Gasteiger partial charge is 0.484 e. The van der Waals surface area contributed by atoms with Crippen LogP contribution in [0.3, 0.4) is 0 Å². The second-order valence-corrected chi connectivity index (χ2v) is 6.10. The summed E-state index contributed by atoms with van der Waals surface area (Å²) in [4.78, 5) is 23.9. The molecule has 0 bridgehead atoms. The monoisotopic (exact) mass is 365 g/mol. The molecule has 27 heavy (non-hydrogen) atoms. The summed E-state index contributed by atoms with van der Waals surface area (Å²) in [5.41, 5.74) is 1.19. The van der Waals surface area contributed by atoms with Gasteiger partial charge in [0.2, 0.25) is 5.91 Å². The average molecular weight is 365 g/mol. The molecule has 1 fully saturated rings. The average Bonchev–Trinajstić information content (AvgIpc) is 3.51. The zero-order valence-corrected chi connectivity index (χ0v) is 14.6. The lowest BCUT2D eigenvalue weighted by Gasteiger charge is -2.10. The molecule has 7 heteroatoms. The van der Waals surface area contributed by atoms with Gasteiger partial charge in [-0.05, 0) is 37.1 Å². The van der Waals surface area contributed by atoms with Crippen LogP contribution in [-0.2, 0) is 9.59 Å². The molecule has 2 N–H and O–H groups in total. The Morgan fingerprint density at radius 1 is 1.00 bits per heavy atom. The number of rotatable bonds is 8. The standard InChI is InChI=1S/C20H19N3O4/c21-9-10-26-17-5-1-3-15(11-17)22-19(24)13-27-18-6-2-4-16(12-18)23-20(25)14-7-8-14/h1-6,11-12,14H,7-8,10,13H2,(H,22,24)(H,23,25). The summed E-state index contributed by atoms with van der Waals surface area (Å²) in [5.74, 6) is 0.788. The second kappa shape index (κ2) is 8.72. The highest BCUT2D eigenvalue weighted by Gasteiger charge is 2.29. The zero-order chi connectivity index (χ0) is 19.1. The lowest BCUT2D eigenvalue weighted by atomic mass is 10.3. The first-order valence-electron chi connectivity index (χ1n) is 8.57. The van der Waals surface area contributed by atoms with E-state index in [4.69, 9.17) is 14.7 Å². The number of nitrogens with one attached hydrogen (secondary N) is 2. The number of nitriles is 1. The first kappa shape index (κ1) is 18.3. The number of carbonyl (C=O) groups excluding carboxylic acids is 2. The summed E-state index contributed by atoms with van der Waals surface area (Å²) in [5, 5.41) is 14.1. The Morgan fingerprint density at radius 2 is 1.63 bits per heavy atom. The molecule has 2 amide bonds. The third-order valence-corrected chi connectivity index (χ3v) is 3.84. The highest BCUT2D eigenvalue weighted by atomic mass is 16.5. The molecule has 0 heterocycles. The third-order valence-electron chi connectivity index (χ3n) is 3.84. The van der Waals surface area contributed by atoms with Gasteiger partial charge in [0.1, 0.15) is 17.6 Å². The third kappa shape index (κ3) is 5.75. The maximum Gasteiger partial charge on any atom is 0.262 e. The van der Waals surface area contributed by atoms with Gasteiger partial charge in [0, 0.05) is 29.4 Å². The zero-order valence-electron chi connectivity index (χ0n) is 14.6. The fourth-order valence-corrected chi connectivity index (χ4v) is 2.38. The Labute approximate surface area is 156 Å². The molecule has 2 aromatic carbocycles. The van der Waals surface area contributed by atoms with Crippen LogP contribution in [0.2, 0.25) is 0 Å². The van der Waals surface area contributed by atoms with Crippen molar-refractivity contribution < 1.29 is 19.1 Å². The number of benzene rings is 2. The van der Waals surface area contributed by atoms with Crippen LogP contribution in [0, 0.1) is 17.2 Å². The normalized spacial score (nSPS) is 12.6. The lowest BCUT2D eigenvalue weighted by Crippen LogP contribution is -2.20. The number of anilines is 2. The van der Waals surface area contributed by atoms with E-state index < -0.39 is 0 Å². The smallest absolute Gasteiger partial charge is 0.262 e. The molecule has 1 aliphatic carbocycles. The number of hydrogen-bond donors (Lipinski definition) is 2. The fraction of sp³-hybridized carbons (Fsp3) is 0.250. The van der Waals surface area contributed by atoms with Crippen LogP contribution in [0.15, 0.2) is 48.5 Å². The van der Waals surface area contributed by atoms with E-state index in [2.05, 4.69) is 10.6 Å². The molecule has 1 aliphatic rings. The van der Waals surface area contributed by atoms with Crippen molar-refractivity contribution in [1.29, 1.82) is 5.26 Å². The molecule has 0 saturated heterocycles. The number of amides is 2. The molecule has 138 valence electrons. The predicted molar refractivity (Wildman–Crippen MR) is 99.5 cm³/mol. The van der Waals surface area contributed by atoms with Crippen molar-refractivity contribution in [3.8, 4) is 17.6 Å². The molecule has 0 aromatic heterocycles. The number of carbonyl (C=O) groups is 2. The van der Waals surface area contributed by atoms with Crippen LogP contribution in [0.1, 0.15) is 12.8 Å². The molecular formula is C20H19N3O4. The Bertz CT molecular complexity index is 872. The molecule has 0 unspecified atom stereocenters. The number of hydrogen-bond acceptors (Lipinski definition) is 5. The molecular weight excluding hydrogens is 346 g/mol. The topological polar surface area (TPSA) is 100 Å². The fourth-order valence-electron chi connectivity index (χ4n) is 2.38. The summed E-state index contributed by atoms with van der Waals surface area (Å²) < 4.78 is 10.7. The quantitative estimate of drug-likeness (QED) is 0.749. The van der Waals surface area contributed by atoms with E-state index in [1.165, 1.54) is 0 Å². The van der Waals surface area contributed by atoms with Crippen molar-refractivity contribution in [2.24, 2.45) is 5.92 Å². The molecule has 7 nitrogen and oxygen atoms in total. The van der Waals surface area contributed by atoms with Gasteiger partial charge in [0.05, 0.1) is 0 Å². The minimum Gasteiger partial charge on any atom is -0.484 e. The molecule has 0 radical (unpaired) electrons. The maximum atomic E-state index is 12.1. The maximum absolute atomic E-state index is 12.1. The van der Waals surface area contributed by atoms with Crippen LogP contribution < -0.4 is 20.1 Å². The summed E-state index contributed by atoms with van der Waals surface area (Å²) in [6.45, 7) is -0.239. The Morgan fingerprint density at radius 3 is 2.26 bits per heavy atom. The Hall–Kier alpha value is -3.53. The molecule has 0 aliphatic heterocycles. The number of ether oxygens (including phenoxy) is 2. The SMILES string of the molecule is N#CCOc1cccc(NC(=O)COc2cccc(NC(=O)C3CC3)c2)c1. The van der Waals surface area contributed by atoms with Gasteiger partial charge in [-0.25, -0.2) is 0 Å². The van der Waals surface area contributed by atoms with Crippen molar-refractivity contribution in [3.05, 3.63) is 48.5 Å². The van der Waals surface area contributed by atoms with Crippen molar-refractivity contribution in [2.75, 3.05) is 23.8 Å². The Kier molecular flexibility index (Phi) is 5.90. The van der Waals surface area contributed by atoms with Crippen molar-refractivity contribution in [3.63, 3.8) is 0 Å². The van der Waals surface area contributed by atoms with Crippen LogP contribution in [-0.4, -0.2) is 25.0 Å². The van der Waals surface area contributed by atoms with E-state index in [9.17, 15) is 9.59 Å². The first-order chi connectivity index (χ1) is 13.1. The van der Waals surface area contributed by atoms with Gasteiger partial charge in [-0.3, -0.25) is 9.59 Å². The minimum atomic E-state index is -0.333. The van der Waals surface area contributed by atoms with Gasteiger partial charge in [-0.15, -0.1) is 0 Å².